The Morgan fingerprint density at radius 1 is 0.500 bits per heavy atom. The van der Waals surface area contributed by atoms with Crippen molar-refractivity contribution >= 4 is 44.3 Å². The van der Waals surface area contributed by atoms with E-state index in [1.807, 2.05) is 36.4 Å². The predicted octanol–water partition coefficient (Wildman–Crippen LogP) is 6.86. The van der Waals surface area contributed by atoms with E-state index in [2.05, 4.69) is 47.2 Å². The van der Waals surface area contributed by atoms with Crippen molar-refractivity contribution in [3.63, 3.8) is 0 Å². The fourth-order valence-electron chi connectivity index (χ4n) is 1.21. The molecule has 0 nitrogen and oxygen atoms in total. The molecule has 0 N–H and O–H groups in total. The van der Waals surface area contributed by atoms with E-state index >= 15 is 0 Å². The summed E-state index contributed by atoms with van der Waals surface area (Å²) in [7, 11) is 3.58. The van der Waals surface area contributed by atoms with Crippen LogP contribution in [0.4, 0.5) is 0 Å². The Bertz CT molecular complexity index is 509. The van der Waals surface area contributed by atoms with Gasteiger partial charge in [0.05, 0.1) is 8.42 Å². The van der Waals surface area contributed by atoms with Crippen LogP contribution in [-0.4, -0.2) is 0 Å². The highest BCUT2D eigenvalue weighted by atomic mass is 33.1. The minimum Gasteiger partial charge on any atom is -0.137 e. The van der Waals surface area contributed by atoms with Crippen LogP contribution in [0.15, 0.2) is 92.0 Å². The number of hydrogen-bond donors (Lipinski definition) is 0. The second-order valence-corrected chi connectivity index (χ2v) is 8.20. The lowest BCUT2D eigenvalue weighted by molar-refractivity contribution is 1.69. The van der Waals surface area contributed by atoms with Gasteiger partial charge in [-0.2, -0.15) is 0 Å². The van der Waals surface area contributed by atoms with E-state index in [0.29, 0.717) is 0 Å². The Morgan fingerprint density at radius 3 is 1.40 bits per heavy atom. The third-order valence-electron chi connectivity index (χ3n) is 2.08. The highest BCUT2D eigenvalue weighted by Crippen LogP contribution is 2.39. The number of rotatable bonds is 3. The van der Waals surface area contributed by atoms with Gasteiger partial charge >= 0.3 is 0 Å². The van der Waals surface area contributed by atoms with Crippen LogP contribution < -0.4 is 0 Å². The second-order valence-electron chi connectivity index (χ2n) is 3.57. The average molecular weight is 335 g/mol. The smallest absolute Gasteiger partial charge is 0.0709 e. The van der Waals surface area contributed by atoms with Gasteiger partial charge in [-0.25, -0.2) is 0 Å². The van der Waals surface area contributed by atoms with Gasteiger partial charge in [0.2, 0.25) is 0 Å². The Balaban J connectivity index is 2.14. The molecule has 0 aliphatic rings. The predicted molar refractivity (Wildman–Crippen MR) is 95.6 cm³/mol. The molecule has 0 saturated heterocycles. The molecule has 0 atom stereocenters. The van der Waals surface area contributed by atoms with Gasteiger partial charge in [-0.1, -0.05) is 60.7 Å². The molecule has 0 fully saturated rings. The molecule has 102 valence electrons. The quantitative estimate of drug-likeness (QED) is 0.562. The summed E-state index contributed by atoms with van der Waals surface area (Å²) in [4.78, 5) is 0. The van der Waals surface area contributed by atoms with Gasteiger partial charge in [0.25, 0.3) is 0 Å². The summed E-state index contributed by atoms with van der Waals surface area (Å²) < 4.78 is 2.55. The van der Waals surface area contributed by atoms with Crippen molar-refractivity contribution in [2.45, 2.75) is 8.42 Å². The Kier molecular flexibility index (Phi) is 7.64. The van der Waals surface area contributed by atoms with Gasteiger partial charge < -0.3 is 0 Å². The first kappa shape index (κ1) is 15.4. The largest absolute Gasteiger partial charge is 0.137 e. The molecule has 0 aromatic carbocycles. The monoisotopic (exact) mass is 334 g/mol. The standard InChI is InChI=1S/C16H14S4/c1-3-7-11-15(17-13-9-5-1)19-20-16-12-8-4-2-6-10-14-18-16/h1-14H. The van der Waals surface area contributed by atoms with E-state index < -0.39 is 0 Å². The van der Waals surface area contributed by atoms with Crippen LogP contribution in [0.3, 0.4) is 0 Å². The Morgan fingerprint density at radius 2 is 0.900 bits per heavy atom. The van der Waals surface area contributed by atoms with Crippen LogP contribution in [0.1, 0.15) is 0 Å². The van der Waals surface area contributed by atoms with E-state index in [0.717, 1.165) is 0 Å². The zero-order valence-electron chi connectivity index (χ0n) is 10.7. The van der Waals surface area contributed by atoms with Crippen molar-refractivity contribution in [3.8, 4) is 0 Å². The summed E-state index contributed by atoms with van der Waals surface area (Å²) in [5.74, 6) is 0. The molecule has 4 heteroatoms. The first-order valence-electron chi connectivity index (χ1n) is 6.03. The first-order chi connectivity index (χ1) is 9.95. The molecule has 0 radical (unpaired) electrons. The second kappa shape index (κ2) is 9.88. The molecular weight excluding hydrogens is 320 g/mol. The van der Waals surface area contributed by atoms with Crippen molar-refractivity contribution in [3.05, 3.63) is 83.6 Å². The highest BCUT2D eigenvalue weighted by Gasteiger charge is 1.95. The minimum absolute atomic E-state index is 1.28. The maximum atomic E-state index is 2.15. The third-order valence-corrected chi connectivity index (χ3v) is 7.13. The maximum Gasteiger partial charge on any atom is 0.0709 e. The first-order valence-corrected chi connectivity index (χ1v) is 9.94. The van der Waals surface area contributed by atoms with Crippen molar-refractivity contribution in [2.75, 3.05) is 0 Å². The fraction of sp³-hybridized carbons (Fsp3) is 0. The van der Waals surface area contributed by atoms with Gasteiger partial charge in [-0.3, -0.25) is 0 Å². The molecule has 0 spiro atoms. The molecule has 2 aromatic rings. The van der Waals surface area contributed by atoms with Gasteiger partial charge in [0.15, 0.2) is 0 Å². The van der Waals surface area contributed by atoms with Crippen molar-refractivity contribution in [2.24, 2.45) is 0 Å². The maximum absolute atomic E-state index is 2.15. The van der Waals surface area contributed by atoms with E-state index in [1.165, 1.54) is 8.42 Å². The molecule has 0 unspecified atom stereocenters. The van der Waals surface area contributed by atoms with Crippen LogP contribution in [0.25, 0.3) is 0 Å². The summed E-state index contributed by atoms with van der Waals surface area (Å²) in [6.45, 7) is 0. The van der Waals surface area contributed by atoms with Gasteiger partial charge in [-0.05, 0) is 44.5 Å². The van der Waals surface area contributed by atoms with E-state index in [1.54, 1.807) is 44.3 Å². The highest BCUT2D eigenvalue weighted by molar-refractivity contribution is 8.77. The van der Waals surface area contributed by atoms with Gasteiger partial charge in [0.1, 0.15) is 0 Å². The van der Waals surface area contributed by atoms with Crippen LogP contribution >= 0.6 is 44.3 Å². The molecule has 2 aromatic heterocycles. The summed E-state index contributed by atoms with van der Waals surface area (Å²) >= 11 is 3.50. The molecule has 0 aliphatic heterocycles. The van der Waals surface area contributed by atoms with E-state index in [4.69, 9.17) is 0 Å². The fourth-order valence-corrected chi connectivity index (χ4v) is 5.36. The molecule has 2 rings (SSSR count). The lowest BCUT2D eigenvalue weighted by Gasteiger charge is -1.95. The lowest BCUT2D eigenvalue weighted by Crippen LogP contribution is -1.57. The summed E-state index contributed by atoms with van der Waals surface area (Å²) in [5.41, 5.74) is 0. The Hall–Kier alpha value is -0.940. The molecule has 0 amide bonds. The van der Waals surface area contributed by atoms with E-state index in [9.17, 15) is 0 Å². The third kappa shape index (κ3) is 6.48. The van der Waals surface area contributed by atoms with Crippen LogP contribution in [0.5, 0.6) is 0 Å². The molecular formula is C16H14S4. The van der Waals surface area contributed by atoms with Gasteiger partial charge in [-0.15, -0.1) is 22.7 Å². The van der Waals surface area contributed by atoms with E-state index in [-0.39, 0.29) is 0 Å². The van der Waals surface area contributed by atoms with Crippen molar-refractivity contribution in [1.29, 1.82) is 0 Å². The molecule has 2 heterocycles. The minimum atomic E-state index is 1.28. The summed E-state index contributed by atoms with van der Waals surface area (Å²) in [6, 6.07) is 24.8. The SMILES string of the molecule is c1cccsc(SSc2cccccccs2)ccc1. The van der Waals surface area contributed by atoms with Crippen LogP contribution in [-0.2, 0) is 0 Å². The van der Waals surface area contributed by atoms with Gasteiger partial charge in [0, 0.05) is 0 Å². The van der Waals surface area contributed by atoms with Crippen molar-refractivity contribution < 1.29 is 0 Å². The summed E-state index contributed by atoms with van der Waals surface area (Å²) in [6.07, 6.45) is 0. The molecule has 0 bridgehead atoms. The van der Waals surface area contributed by atoms with Crippen LogP contribution in [0, 0.1) is 0 Å². The molecule has 0 saturated carbocycles. The van der Waals surface area contributed by atoms with Crippen molar-refractivity contribution in [1.82, 2.24) is 0 Å². The molecule has 0 aliphatic carbocycles. The zero-order chi connectivity index (χ0) is 13.9. The van der Waals surface area contributed by atoms with Crippen LogP contribution in [0.2, 0.25) is 0 Å². The lowest BCUT2D eigenvalue weighted by atomic mass is 10.5. The average Bonchev–Trinajstić information content (AvgIpc) is 2.68. The number of hydrogen-bond acceptors (Lipinski definition) is 4. The summed E-state index contributed by atoms with van der Waals surface area (Å²) in [5, 5.41) is 4.22. The normalized spacial score (nSPS) is 9.40. The topological polar surface area (TPSA) is 0 Å². The molecule has 20 heavy (non-hydrogen) atoms. The Labute approximate surface area is 135 Å². The zero-order valence-corrected chi connectivity index (χ0v) is 14.0.